The number of hydrogen-bond donors (Lipinski definition) is 2. The van der Waals surface area contributed by atoms with Crippen molar-refractivity contribution in [3.8, 4) is 23.8 Å². The molecule has 0 fully saturated rings. The van der Waals surface area contributed by atoms with E-state index in [0.29, 0.717) is 6.61 Å². The number of carbonyl (C=O) groups is 1. The van der Waals surface area contributed by atoms with Gasteiger partial charge in [0.2, 0.25) is 0 Å². The molecule has 0 atom stereocenters. The maximum absolute atomic E-state index is 9.56. The van der Waals surface area contributed by atoms with Gasteiger partial charge in [0.05, 0.1) is 18.2 Å². The summed E-state index contributed by atoms with van der Waals surface area (Å²) in [7, 11) is 0. The van der Waals surface area contributed by atoms with Crippen molar-refractivity contribution in [2.24, 2.45) is 0 Å². The van der Waals surface area contributed by atoms with Crippen molar-refractivity contribution < 1.29 is 19.4 Å². The molecule has 0 amide bonds. The fourth-order valence-electron chi connectivity index (χ4n) is 3.55. The number of ether oxygens (including phenoxy) is 2. The van der Waals surface area contributed by atoms with Crippen LogP contribution in [0, 0.1) is 12.3 Å². The smallest absolute Gasteiger partial charge is 0.163 e. The van der Waals surface area contributed by atoms with Crippen LogP contribution < -0.4 is 14.8 Å². The SMILES string of the molecule is C#Cc1cccc(Nc2ccnc3cc(OCC)c(OC(CCC)CCC)cc23)c1.CC(=O)CO. The quantitative estimate of drug-likeness (QED) is 0.317. The van der Waals surface area contributed by atoms with Crippen molar-refractivity contribution in [3.63, 3.8) is 0 Å². The Bertz CT molecular complexity index is 1130. The average molecular weight is 477 g/mol. The van der Waals surface area contributed by atoms with E-state index in [2.05, 4.69) is 30.1 Å². The van der Waals surface area contributed by atoms with Gasteiger partial charge in [0.1, 0.15) is 6.61 Å². The molecule has 3 aromatic rings. The number of aliphatic hydroxyl groups is 1. The average Bonchev–Trinajstić information content (AvgIpc) is 2.85. The highest BCUT2D eigenvalue weighted by Gasteiger charge is 2.16. The summed E-state index contributed by atoms with van der Waals surface area (Å²) in [5, 5.41) is 12.2. The number of nitrogens with one attached hydrogen (secondary N) is 1. The number of terminal acetylenes is 1. The molecule has 1 aromatic heterocycles. The zero-order valence-corrected chi connectivity index (χ0v) is 21.1. The summed E-state index contributed by atoms with van der Waals surface area (Å²) in [5.41, 5.74) is 3.57. The highest BCUT2D eigenvalue weighted by Crippen LogP contribution is 2.37. The molecular formula is C29H36N2O4. The maximum atomic E-state index is 9.56. The van der Waals surface area contributed by atoms with E-state index in [9.17, 15) is 4.79 Å². The van der Waals surface area contributed by atoms with E-state index < -0.39 is 0 Å². The number of benzene rings is 2. The number of pyridine rings is 1. The van der Waals surface area contributed by atoms with Crippen LogP contribution in [0.15, 0.2) is 48.7 Å². The van der Waals surface area contributed by atoms with Gasteiger partial charge in [0, 0.05) is 34.6 Å². The highest BCUT2D eigenvalue weighted by molar-refractivity contribution is 5.95. The first-order valence-corrected chi connectivity index (χ1v) is 12.1. The molecule has 6 heteroatoms. The van der Waals surface area contributed by atoms with E-state index in [0.717, 1.165) is 65.0 Å². The van der Waals surface area contributed by atoms with Crippen LogP contribution in [0.2, 0.25) is 0 Å². The number of Topliss-reactive ketones (excluding diaryl/α,β-unsaturated/α-hetero) is 1. The van der Waals surface area contributed by atoms with Gasteiger partial charge in [-0.15, -0.1) is 6.42 Å². The predicted octanol–water partition coefficient (Wildman–Crippen LogP) is 6.27. The van der Waals surface area contributed by atoms with Gasteiger partial charge in [-0.1, -0.05) is 38.7 Å². The van der Waals surface area contributed by atoms with E-state index in [-0.39, 0.29) is 18.5 Å². The van der Waals surface area contributed by atoms with Crippen molar-refractivity contribution in [3.05, 3.63) is 54.2 Å². The Hall–Kier alpha value is -3.56. The number of carbonyl (C=O) groups excluding carboxylic acids is 1. The van der Waals surface area contributed by atoms with Gasteiger partial charge in [-0.05, 0) is 57.0 Å². The van der Waals surface area contributed by atoms with E-state index in [4.69, 9.17) is 21.0 Å². The Morgan fingerprint density at radius 2 is 1.83 bits per heavy atom. The van der Waals surface area contributed by atoms with E-state index in [1.807, 2.05) is 49.4 Å². The number of fused-ring (bicyclic) bond motifs is 1. The van der Waals surface area contributed by atoms with Crippen LogP contribution in [-0.2, 0) is 4.79 Å². The summed E-state index contributed by atoms with van der Waals surface area (Å²) in [6.45, 7) is 7.93. The van der Waals surface area contributed by atoms with Crippen molar-refractivity contribution in [1.29, 1.82) is 0 Å². The molecule has 0 aliphatic rings. The normalized spacial score (nSPS) is 10.3. The first-order valence-electron chi connectivity index (χ1n) is 12.1. The zero-order chi connectivity index (χ0) is 25.6. The molecule has 1 heterocycles. The third-order valence-corrected chi connectivity index (χ3v) is 5.15. The van der Waals surface area contributed by atoms with Gasteiger partial charge in [0.15, 0.2) is 17.3 Å². The summed E-state index contributed by atoms with van der Waals surface area (Å²) in [6.07, 6.45) is 11.7. The minimum absolute atomic E-state index is 0.178. The van der Waals surface area contributed by atoms with E-state index in [1.165, 1.54) is 6.92 Å². The summed E-state index contributed by atoms with van der Waals surface area (Å²) < 4.78 is 12.3. The standard InChI is InChI=1S/C26H30N2O2.C3H6O2/c1-5-10-21(11-6-2)30-26-17-22-23(28-20-13-9-12-19(7-3)16-20)14-15-27-24(22)18-25(26)29-8-4;1-3(5)2-4/h3,9,12-18,21H,5-6,8,10-11H2,1-2,4H3,(H,27,28);4H,2H2,1H3. The Labute approximate surface area is 208 Å². The van der Waals surface area contributed by atoms with Crippen LogP contribution in [0.3, 0.4) is 0 Å². The van der Waals surface area contributed by atoms with E-state index >= 15 is 0 Å². The molecule has 2 N–H and O–H groups in total. The zero-order valence-electron chi connectivity index (χ0n) is 21.1. The number of rotatable bonds is 11. The molecule has 0 spiro atoms. The lowest BCUT2D eigenvalue weighted by atomic mass is 10.1. The maximum Gasteiger partial charge on any atom is 0.163 e. The Balaban J connectivity index is 0.000000784. The second-order valence-electron chi connectivity index (χ2n) is 8.14. The molecule has 0 aliphatic heterocycles. The van der Waals surface area contributed by atoms with Crippen molar-refractivity contribution in [1.82, 2.24) is 4.98 Å². The van der Waals surface area contributed by atoms with Gasteiger partial charge in [0.25, 0.3) is 0 Å². The number of aromatic nitrogens is 1. The Morgan fingerprint density at radius 1 is 1.11 bits per heavy atom. The third-order valence-electron chi connectivity index (χ3n) is 5.15. The minimum Gasteiger partial charge on any atom is -0.490 e. The highest BCUT2D eigenvalue weighted by atomic mass is 16.5. The molecule has 6 nitrogen and oxygen atoms in total. The molecular weight excluding hydrogens is 440 g/mol. The van der Waals surface area contributed by atoms with Gasteiger partial charge < -0.3 is 19.9 Å². The molecule has 0 saturated heterocycles. The van der Waals surface area contributed by atoms with Gasteiger partial charge >= 0.3 is 0 Å². The lowest BCUT2D eigenvalue weighted by molar-refractivity contribution is -0.119. The predicted molar refractivity (Wildman–Crippen MR) is 143 cm³/mol. The van der Waals surface area contributed by atoms with Gasteiger partial charge in [-0.2, -0.15) is 0 Å². The number of hydrogen-bond acceptors (Lipinski definition) is 6. The van der Waals surface area contributed by atoms with Gasteiger partial charge in [-0.25, -0.2) is 0 Å². The second kappa shape index (κ2) is 14.6. The topological polar surface area (TPSA) is 80.7 Å². The number of anilines is 2. The second-order valence-corrected chi connectivity index (χ2v) is 8.14. The summed E-state index contributed by atoms with van der Waals surface area (Å²) in [6, 6.07) is 13.8. The molecule has 0 unspecified atom stereocenters. The molecule has 0 bridgehead atoms. The van der Waals surface area contributed by atoms with Crippen LogP contribution in [-0.4, -0.2) is 35.2 Å². The summed E-state index contributed by atoms with van der Waals surface area (Å²) in [5.74, 6) is 3.99. The van der Waals surface area contributed by atoms with Crippen LogP contribution in [0.4, 0.5) is 11.4 Å². The summed E-state index contributed by atoms with van der Waals surface area (Å²) >= 11 is 0. The first kappa shape index (κ1) is 27.7. The van der Waals surface area contributed by atoms with Crippen molar-refractivity contribution in [2.45, 2.75) is 59.5 Å². The van der Waals surface area contributed by atoms with Gasteiger partial charge in [-0.3, -0.25) is 9.78 Å². The Morgan fingerprint density at radius 3 is 2.43 bits per heavy atom. The third kappa shape index (κ3) is 8.62. The Kier molecular flexibility index (Phi) is 11.6. The fraction of sp³-hybridized carbons (Fsp3) is 0.379. The largest absolute Gasteiger partial charge is 0.490 e. The summed E-state index contributed by atoms with van der Waals surface area (Å²) in [4.78, 5) is 14.1. The van der Waals surface area contributed by atoms with Crippen molar-refractivity contribution in [2.75, 3.05) is 18.5 Å². The molecule has 0 aliphatic carbocycles. The lowest BCUT2D eigenvalue weighted by Crippen LogP contribution is -2.16. The number of ketones is 1. The van der Waals surface area contributed by atoms with Crippen LogP contribution >= 0.6 is 0 Å². The molecule has 0 saturated carbocycles. The minimum atomic E-state index is -0.333. The molecule has 0 radical (unpaired) electrons. The molecule has 186 valence electrons. The number of aliphatic hydroxyl groups excluding tert-OH is 1. The molecule has 2 aromatic carbocycles. The van der Waals surface area contributed by atoms with E-state index in [1.54, 1.807) is 6.20 Å². The van der Waals surface area contributed by atoms with Crippen LogP contribution in [0.5, 0.6) is 11.5 Å². The molecule has 35 heavy (non-hydrogen) atoms. The van der Waals surface area contributed by atoms with Crippen LogP contribution in [0.25, 0.3) is 10.9 Å². The fourth-order valence-corrected chi connectivity index (χ4v) is 3.55. The number of nitrogens with zero attached hydrogens (tertiary/aromatic N) is 1. The monoisotopic (exact) mass is 476 g/mol. The molecule has 3 rings (SSSR count). The first-order chi connectivity index (χ1) is 16.9. The van der Waals surface area contributed by atoms with Crippen LogP contribution in [0.1, 0.15) is 58.9 Å². The lowest BCUT2D eigenvalue weighted by Gasteiger charge is -2.21. The van der Waals surface area contributed by atoms with Crippen molar-refractivity contribution >= 4 is 28.1 Å².